The molecule has 0 amide bonds. The summed E-state index contributed by atoms with van der Waals surface area (Å²) in [5.74, 6) is -0.429. The van der Waals surface area contributed by atoms with Crippen molar-refractivity contribution in [3.8, 4) is 0 Å². The van der Waals surface area contributed by atoms with Crippen LogP contribution in [0.5, 0.6) is 0 Å². The van der Waals surface area contributed by atoms with E-state index in [2.05, 4.69) is 4.18 Å². The minimum absolute atomic E-state index is 0.276. The van der Waals surface area contributed by atoms with Crippen LogP contribution in [-0.4, -0.2) is 32.8 Å². The number of rotatable bonds is 2. The van der Waals surface area contributed by atoms with Gasteiger partial charge >= 0.3 is 15.6 Å². The highest BCUT2D eigenvalue weighted by atomic mass is 32.2. The number of sulfone groups is 1. The van der Waals surface area contributed by atoms with Crippen molar-refractivity contribution < 1.29 is 34.2 Å². The van der Waals surface area contributed by atoms with Crippen LogP contribution in [0, 0.1) is 0 Å². The molecule has 2 bridgehead atoms. The van der Waals surface area contributed by atoms with E-state index < -0.39 is 41.7 Å². The van der Waals surface area contributed by atoms with Gasteiger partial charge in [-0.15, -0.1) is 0 Å². The van der Waals surface area contributed by atoms with Gasteiger partial charge in [0, 0.05) is 6.42 Å². The number of hydrogen-bond acceptors (Lipinski definition) is 5. The van der Waals surface area contributed by atoms with Gasteiger partial charge < -0.3 is 4.18 Å². The molecule has 2 aliphatic heterocycles. The van der Waals surface area contributed by atoms with E-state index >= 15 is 0 Å². The van der Waals surface area contributed by atoms with Gasteiger partial charge in [-0.05, 0) is 18.9 Å². The minimum Gasteiger partial charge on any atom is -0.381 e. The molecule has 0 aromatic heterocycles. The van der Waals surface area contributed by atoms with Crippen LogP contribution in [0.3, 0.4) is 0 Å². The first-order chi connectivity index (χ1) is 8.54. The number of allylic oxidation sites excluding steroid dienone is 1. The molecule has 5 nitrogen and oxygen atoms in total. The summed E-state index contributed by atoms with van der Waals surface area (Å²) in [7, 11) is -9.15. The highest BCUT2D eigenvalue weighted by Crippen LogP contribution is 2.38. The molecule has 1 saturated heterocycles. The van der Waals surface area contributed by atoms with Crippen molar-refractivity contribution in [1.82, 2.24) is 0 Å². The standard InChI is InChI=1S/C9H11F3O5S2/c10-9(11,12)19(15,16)17-6-4-7-2-1-3-8(5-6)18(7,13)14/h4,7-8H,1-3,5H2. The fourth-order valence-corrected chi connectivity index (χ4v) is 4.99. The maximum atomic E-state index is 12.2. The van der Waals surface area contributed by atoms with E-state index in [1.807, 2.05) is 0 Å². The first kappa shape index (κ1) is 14.6. The third kappa shape index (κ3) is 2.60. The van der Waals surface area contributed by atoms with Gasteiger partial charge in [0.25, 0.3) is 0 Å². The lowest BCUT2D eigenvalue weighted by atomic mass is 10.0. The summed E-state index contributed by atoms with van der Waals surface area (Å²) in [4.78, 5) is 0. The van der Waals surface area contributed by atoms with Crippen molar-refractivity contribution in [3.63, 3.8) is 0 Å². The molecule has 0 saturated carbocycles. The van der Waals surface area contributed by atoms with Crippen molar-refractivity contribution in [1.29, 1.82) is 0 Å². The van der Waals surface area contributed by atoms with Crippen molar-refractivity contribution in [3.05, 3.63) is 11.8 Å². The molecule has 0 aromatic carbocycles. The van der Waals surface area contributed by atoms with Gasteiger partial charge in [0.1, 0.15) is 5.76 Å². The summed E-state index contributed by atoms with van der Waals surface area (Å²) < 4.78 is 85.9. The molecular weight excluding hydrogens is 309 g/mol. The molecule has 0 spiro atoms. The zero-order valence-electron chi connectivity index (χ0n) is 9.55. The Balaban J connectivity index is 2.28. The molecule has 2 heterocycles. The van der Waals surface area contributed by atoms with Gasteiger partial charge in [-0.1, -0.05) is 6.42 Å². The van der Waals surface area contributed by atoms with E-state index in [1.54, 1.807) is 0 Å². The quantitative estimate of drug-likeness (QED) is 0.569. The Labute approximate surface area is 108 Å². The van der Waals surface area contributed by atoms with E-state index in [0.29, 0.717) is 12.8 Å². The van der Waals surface area contributed by atoms with E-state index in [0.717, 1.165) is 6.08 Å². The monoisotopic (exact) mass is 320 g/mol. The van der Waals surface area contributed by atoms with Crippen LogP contribution in [0.2, 0.25) is 0 Å². The average molecular weight is 320 g/mol. The van der Waals surface area contributed by atoms with Gasteiger partial charge in [-0.25, -0.2) is 8.42 Å². The van der Waals surface area contributed by atoms with Crippen LogP contribution < -0.4 is 0 Å². The minimum atomic E-state index is -5.73. The highest BCUT2D eigenvalue weighted by Gasteiger charge is 2.50. The first-order valence-corrected chi connectivity index (χ1v) is 8.50. The second-order valence-corrected chi connectivity index (χ2v) is 8.49. The van der Waals surface area contributed by atoms with Crippen LogP contribution in [0.15, 0.2) is 11.8 Å². The van der Waals surface area contributed by atoms with Gasteiger partial charge in [0.05, 0.1) is 10.5 Å². The Hall–Kier alpha value is -0.770. The molecule has 0 aromatic rings. The molecule has 0 aliphatic carbocycles. The molecule has 2 rings (SSSR count). The van der Waals surface area contributed by atoms with Crippen LogP contribution in [0.4, 0.5) is 13.2 Å². The zero-order chi connectivity index (χ0) is 14.5. The van der Waals surface area contributed by atoms with Gasteiger partial charge in [0.15, 0.2) is 9.84 Å². The third-order valence-corrected chi connectivity index (χ3v) is 6.75. The van der Waals surface area contributed by atoms with Crippen LogP contribution in [0.1, 0.15) is 25.7 Å². The predicted molar refractivity (Wildman–Crippen MR) is 59.1 cm³/mol. The van der Waals surface area contributed by atoms with Gasteiger partial charge in [-0.2, -0.15) is 21.6 Å². The van der Waals surface area contributed by atoms with Crippen LogP contribution in [-0.2, 0) is 24.1 Å². The fraction of sp³-hybridized carbons (Fsp3) is 0.778. The lowest BCUT2D eigenvalue weighted by molar-refractivity contribution is -0.0524. The molecule has 2 unspecified atom stereocenters. The maximum absolute atomic E-state index is 12.2. The fourth-order valence-electron chi connectivity index (χ4n) is 2.27. The molecule has 2 atom stereocenters. The lowest BCUT2D eigenvalue weighted by Crippen LogP contribution is -2.40. The molecule has 110 valence electrons. The van der Waals surface area contributed by atoms with E-state index in [4.69, 9.17) is 0 Å². The summed E-state index contributed by atoms with van der Waals surface area (Å²) in [6.07, 6.45) is 1.89. The summed E-state index contributed by atoms with van der Waals surface area (Å²) in [6, 6.07) is 0. The largest absolute Gasteiger partial charge is 0.534 e. The van der Waals surface area contributed by atoms with Crippen molar-refractivity contribution in [2.45, 2.75) is 41.7 Å². The Morgan fingerprint density at radius 3 is 2.42 bits per heavy atom. The van der Waals surface area contributed by atoms with E-state index in [-0.39, 0.29) is 12.8 Å². The Morgan fingerprint density at radius 2 is 1.89 bits per heavy atom. The maximum Gasteiger partial charge on any atom is 0.534 e. The van der Waals surface area contributed by atoms with Gasteiger partial charge in [0.2, 0.25) is 0 Å². The number of alkyl halides is 3. The van der Waals surface area contributed by atoms with Crippen molar-refractivity contribution in [2.75, 3.05) is 0 Å². The van der Waals surface area contributed by atoms with Crippen LogP contribution >= 0.6 is 0 Å². The molecule has 0 radical (unpaired) electrons. The molecule has 1 fully saturated rings. The Bertz CT molecular complexity index is 602. The Morgan fingerprint density at radius 1 is 1.26 bits per heavy atom. The van der Waals surface area contributed by atoms with Crippen LogP contribution in [0.25, 0.3) is 0 Å². The number of halogens is 3. The third-order valence-electron chi connectivity index (χ3n) is 3.20. The predicted octanol–water partition coefficient (Wildman–Crippen LogP) is 1.48. The molecule has 10 heteroatoms. The lowest BCUT2D eigenvalue weighted by Gasteiger charge is -2.32. The number of hydrogen-bond donors (Lipinski definition) is 0. The second kappa shape index (κ2) is 4.37. The van der Waals surface area contributed by atoms with Gasteiger partial charge in [-0.3, -0.25) is 0 Å². The van der Waals surface area contributed by atoms with Crippen molar-refractivity contribution >= 4 is 20.0 Å². The molecule has 2 aliphatic rings. The summed E-state index contributed by atoms with van der Waals surface area (Å²) in [6.45, 7) is 0. The highest BCUT2D eigenvalue weighted by molar-refractivity contribution is 7.93. The first-order valence-electron chi connectivity index (χ1n) is 5.48. The Kier molecular flexibility index (Phi) is 3.37. The van der Waals surface area contributed by atoms with E-state index in [9.17, 15) is 30.0 Å². The topological polar surface area (TPSA) is 77.5 Å². The summed E-state index contributed by atoms with van der Waals surface area (Å²) in [5, 5.41) is -1.80. The van der Waals surface area contributed by atoms with Crippen molar-refractivity contribution in [2.24, 2.45) is 0 Å². The SMILES string of the molecule is O=S1(=O)C2C=C(OS(=O)(=O)C(F)(F)F)CC1CCC2. The number of fused-ring (bicyclic) bond motifs is 2. The summed E-state index contributed by atoms with van der Waals surface area (Å²) in [5.41, 5.74) is -5.51. The smallest absolute Gasteiger partial charge is 0.381 e. The van der Waals surface area contributed by atoms with E-state index in [1.165, 1.54) is 0 Å². The molecular formula is C9H11F3O5S2. The normalized spacial score (nSPS) is 30.6. The second-order valence-electron chi connectivity index (χ2n) is 4.50. The average Bonchev–Trinajstić information content (AvgIpc) is 2.16. The zero-order valence-corrected chi connectivity index (χ0v) is 11.2. The molecule has 0 N–H and O–H groups in total. The summed E-state index contributed by atoms with van der Waals surface area (Å²) >= 11 is 0. The molecule has 19 heavy (non-hydrogen) atoms.